The highest BCUT2D eigenvalue weighted by Crippen LogP contribution is 2.17. The van der Waals surface area contributed by atoms with Gasteiger partial charge in [0.25, 0.3) is 5.91 Å². The minimum Gasteiger partial charge on any atom is -0.339 e. The standard InChI is InChI=1S/C18H24N4O3S/c1-13-10-14(2)22(20-13)15(3)12-19-26(24,25)17-7-4-6-16(11-17)18(23)21-8-5-9-21/h4,6-7,10-11,15,19H,5,8-9,12H2,1-3H3. The second kappa shape index (κ2) is 7.20. The molecule has 0 aliphatic carbocycles. The molecule has 2 aromatic rings. The zero-order valence-electron chi connectivity index (χ0n) is 15.3. The third-order valence-corrected chi connectivity index (χ3v) is 5.99. The van der Waals surface area contributed by atoms with Crippen LogP contribution in [0.25, 0.3) is 0 Å². The summed E-state index contributed by atoms with van der Waals surface area (Å²) in [7, 11) is -3.70. The fraction of sp³-hybridized carbons (Fsp3) is 0.444. The van der Waals surface area contributed by atoms with Crippen LogP contribution < -0.4 is 4.72 Å². The number of nitrogens with one attached hydrogen (secondary N) is 1. The molecule has 1 aliphatic heterocycles. The molecule has 7 nitrogen and oxygen atoms in total. The van der Waals surface area contributed by atoms with Crippen LogP contribution in [0, 0.1) is 13.8 Å². The lowest BCUT2D eigenvalue weighted by atomic mass is 10.1. The fourth-order valence-electron chi connectivity index (χ4n) is 2.99. The maximum atomic E-state index is 12.6. The summed E-state index contributed by atoms with van der Waals surface area (Å²) in [4.78, 5) is 14.1. The quantitative estimate of drug-likeness (QED) is 0.834. The number of carbonyl (C=O) groups is 1. The molecule has 140 valence electrons. The lowest BCUT2D eigenvalue weighted by Gasteiger charge is -2.31. The summed E-state index contributed by atoms with van der Waals surface area (Å²) in [6, 6.07) is 8.03. The maximum absolute atomic E-state index is 12.6. The Morgan fingerprint density at radius 2 is 2.00 bits per heavy atom. The molecule has 1 N–H and O–H groups in total. The van der Waals surface area contributed by atoms with Crippen molar-refractivity contribution in [2.45, 2.75) is 38.1 Å². The van der Waals surface area contributed by atoms with Gasteiger partial charge in [-0.2, -0.15) is 5.10 Å². The van der Waals surface area contributed by atoms with Gasteiger partial charge in [0, 0.05) is 30.9 Å². The van der Waals surface area contributed by atoms with Crippen LogP contribution in [0.4, 0.5) is 0 Å². The molecule has 1 fully saturated rings. The molecule has 0 spiro atoms. The molecule has 2 heterocycles. The first-order valence-electron chi connectivity index (χ1n) is 8.70. The van der Waals surface area contributed by atoms with E-state index in [0.29, 0.717) is 5.56 Å². The molecule has 1 aromatic carbocycles. The molecule has 0 saturated carbocycles. The van der Waals surface area contributed by atoms with Crippen molar-refractivity contribution in [2.24, 2.45) is 0 Å². The van der Waals surface area contributed by atoms with Crippen molar-refractivity contribution < 1.29 is 13.2 Å². The lowest BCUT2D eigenvalue weighted by molar-refractivity contribution is 0.0651. The third kappa shape index (κ3) is 3.81. The van der Waals surface area contributed by atoms with Crippen molar-refractivity contribution in [1.29, 1.82) is 0 Å². The van der Waals surface area contributed by atoms with Crippen molar-refractivity contribution in [3.8, 4) is 0 Å². The van der Waals surface area contributed by atoms with Gasteiger partial charge >= 0.3 is 0 Å². The molecule has 1 amide bonds. The van der Waals surface area contributed by atoms with Crippen LogP contribution in [0.15, 0.2) is 35.2 Å². The maximum Gasteiger partial charge on any atom is 0.253 e. The van der Waals surface area contributed by atoms with E-state index in [9.17, 15) is 13.2 Å². The lowest BCUT2D eigenvalue weighted by Crippen LogP contribution is -2.42. The first-order chi connectivity index (χ1) is 12.3. The van der Waals surface area contributed by atoms with Gasteiger partial charge in [0.15, 0.2) is 0 Å². The molecular weight excluding hydrogens is 352 g/mol. The molecule has 1 aromatic heterocycles. The minimum atomic E-state index is -3.70. The van der Waals surface area contributed by atoms with Crippen LogP contribution in [0.5, 0.6) is 0 Å². The van der Waals surface area contributed by atoms with E-state index >= 15 is 0 Å². The SMILES string of the molecule is Cc1cc(C)n(C(C)CNS(=O)(=O)c2cccc(C(=O)N3CCC3)c2)n1. The normalized spacial score (nSPS) is 15.6. The van der Waals surface area contributed by atoms with E-state index < -0.39 is 10.0 Å². The summed E-state index contributed by atoms with van der Waals surface area (Å²) in [5.41, 5.74) is 2.28. The number of rotatable bonds is 6. The van der Waals surface area contributed by atoms with Gasteiger partial charge in [0.2, 0.25) is 10.0 Å². The predicted octanol–water partition coefficient (Wildman–Crippen LogP) is 1.89. The molecule has 1 aliphatic rings. The summed E-state index contributed by atoms with van der Waals surface area (Å²) < 4.78 is 29.7. The number of likely N-dealkylation sites (tertiary alicyclic amines) is 1. The van der Waals surface area contributed by atoms with Crippen molar-refractivity contribution >= 4 is 15.9 Å². The third-order valence-electron chi connectivity index (χ3n) is 4.57. The summed E-state index contributed by atoms with van der Waals surface area (Å²) in [6.45, 7) is 7.43. The van der Waals surface area contributed by atoms with Crippen LogP contribution in [0.2, 0.25) is 0 Å². The first-order valence-corrected chi connectivity index (χ1v) is 10.2. The molecule has 8 heteroatoms. The van der Waals surface area contributed by atoms with Crippen molar-refractivity contribution in [2.75, 3.05) is 19.6 Å². The Bertz CT molecular complexity index is 916. The molecule has 1 atom stereocenters. The van der Waals surface area contributed by atoms with Gasteiger partial charge < -0.3 is 4.90 Å². The number of hydrogen-bond donors (Lipinski definition) is 1. The topological polar surface area (TPSA) is 84.3 Å². The number of nitrogens with zero attached hydrogens (tertiary/aromatic N) is 3. The van der Waals surface area contributed by atoms with Crippen LogP contribution >= 0.6 is 0 Å². The van der Waals surface area contributed by atoms with Crippen LogP contribution in [0.1, 0.15) is 41.1 Å². The number of hydrogen-bond acceptors (Lipinski definition) is 4. The predicted molar refractivity (Wildman–Crippen MR) is 98.6 cm³/mol. The second-order valence-electron chi connectivity index (χ2n) is 6.75. The Balaban J connectivity index is 1.71. The Labute approximate surface area is 154 Å². The monoisotopic (exact) mass is 376 g/mol. The zero-order valence-corrected chi connectivity index (χ0v) is 16.1. The van der Waals surface area contributed by atoms with E-state index in [0.717, 1.165) is 30.9 Å². The average Bonchev–Trinajstić information content (AvgIpc) is 2.90. The van der Waals surface area contributed by atoms with E-state index in [1.54, 1.807) is 17.0 Å². The zero-order chi connectivity index (χ0) is 18.9. The molecule has 26 heavy (non-hydrogen) atoms. The molecule has 1 unspecified atom stereocenters. The largest absolute Gasteiger partial charge is 0.339 e. The van der Waals surface area contributed by atoms with Crippen molar-refractivity contribution in [1.82, 2.24) is 19.4 Å². The Morgan fingerprint density at radius 3 is 2.58 bits per heavy atom. The van der Waals surface area contributed by atoms with Gasteiger partial charge in [-0.1, -0.05) is 6.07 Å². The summed E-state index contributed by atoms with van der Waals surface area (Å²) in [6.07, 6.45) is 0.996. The number of aryl methyl sites for hydroxylation is 2. The van der Waals surface area contributed by atoms with E-state index in [2.05, 4.69) is 9.82 Å². The van der Waals surface area contributed by atoms with Gasteiger partial charge in [0.05, 0.1) is 16.6 Å². The number of carbonyl (C=O) groups excluding carboxylic acids is 1. The van der Waals surface area contributed by atoms with Crippen molar-refractivity contribution in [3.63, 3.8) is 0 Å². The molecule has 1 saturated heterocycles. The highest BCUT2D eigenvalue weighted by Gasteiger charge is 2.23. The molecule has 0 bridgehead atoms. The minimum absolute atomic E-state index is 0.101. The summed E-state index contributed by atoms with van der Waals surface area (Å²) in [5, 5.41) is 4.39. The summed E-state index contributed by atoms with van der Waals surface area (Å²) >= 11 is 0. The van der Waals surface area contributed by atoms with Gasteiger partial charge in [-0.15, -0.1) is 0 Å². The highest BCUT2D eigenvalue weighted by molar-refractivity contribution is 7.89. The van der Waals surface area contributed by atoms with Gasteiger partial charge in [0.1, 0.15) is 0 Å². The highest BCUT2D eigenvalue weighted by atomic mass is 32.2. The van der Waals surface area contributed by atoms with Gasteiger partial charge in [-0.3, -0.25) is 9.48 Å². The van der Waals surface area contributed by atoms with E-state index in [-0.39, 0.29) is 23.4 Å². The van der Waals surface area contributed by atoms with Crippen LogP contribution in [-0.4, -0.2) is 48.6 Å². The molecule has 3 rings (SSSR count). The van der Waals surface area contributed by atoms with Crippen LogP contribution in [-0.2, 0) is 10.0 Å². The molecular formula is C18H24N4O3S. The Morgan fingerprint density at radius 1 is 1.27 bits per heavy atom. The second-order valence-corrected chi connectivity index (χ2v) is 8.51. The van der Waals surface area contributed by atoms with Crippen molar-refractivity contribution in [3.05, 3.63) is 47.3 Å². The Hall–Kier alpha value is -2.19. The van der Waals surface area contributed by atoms with E-state index in [1.807, 2.05) is 31.5 Å². The first kappa shape index (κ1) is 18.6. The molecule has 0 radical (unpaired) electrons. The fourth-order valence-corrected chi connectivity index (χ4v) is 4.16. The van der Waals surface area contributed by atoms with Crippen LogP contribution in [0.3, 0.4) is 0 Å². The van der Waals surface area contributed by atoms with Gasteiger partial charge in [-0.05, 0) is 51.5 Å². The number of amides is 1. The number of sulfonamides is 1. The van der Waals surface area contributed by atoms with Gasteiger partial charge in [-0.25, -0.2) is 13.1 Å². The number of aromatic nitrogens is 2. The summed E-state index contributed by atoms with van der Waals surface area (Å²) in [5.74, 6) is -0.121. The Kier molecular flexibility index (Phi) is 5.15. The van der Waals surface area contributed by atoms with E-state index in [1.165, 1.54) is 12.1 Å². The van der Waals surface area contributed by atoms with E-state index in [4.69, 9.17) is 0 Å². The average molecular weight is 376 g/mol. The smallest absolute Gasteiger partial charge is 0.253 e. The number of benzene rings is 1.